The van der Waals surface area contributed by atoms with Gasteiger partial charge in [-0.1, -0.05) is 12.1 Å². The van der Waals surface area contributed by atoms with Crippen LogP contribution in [0.15, 0.2) is 18.2 Å². The maximum absolute atomic E-state index is 11.6. The van der Waals surface area contributed by atoms with Crippen molar-refractivity contribution in [3.05, 3.63) is 29.3 Å². The van der Waals surface area contributed by atoms with E-state index in [9.17, 15) is 4.79 Å². The lowest BCUT2D eigenvalue weighted by molar-refractivity contribution is -0.117. The number of hydrogen-bond acceptors (Lipinski definition) is 3. The summed E-state index contributed by atoms with van der Waals surface area (Å²) in [6.07, 6.45) is 1.55. The van der Waals surface area contributed by atoms with Crippen LogP contribution in [0.4, 0.5) is 5.69 Å². The summed E-state index contributed by atoms with van der Waals surface area (Å²) in [4.78, 5) is 15.5. The van der Waals surface area contributed by atoms with Crippen molar-refractivity contribution in [1.29, 1.82) is 0 Å². The number of thiol groups is 1. The average Bonchev–Trinajstić information content (AvgIpc) is 2.62. The summed E-state index contributed by atoms with van der Waals surface area (Å²) >= 11 is 4.23. The molecule has 0 saturated heterocycles. The zero-order chi connectivity index (χ0) is 12.4. The molecule has 1 aromatic rings. The van der Waals surface area contributed by atoms with Gasteiger partial charge in [-0.05, 0) is 30.7 Å². The number of nitrogens with zero attached hydrogens (tertiary/aromatic N) is 2. The average molecular weight is 250 g/mol. The molecular formula is C13H18N2OS. The van der Waals surface area contributed by atoms with Crippen LogP contribution in [0.2, 0.25) is 0 Å². The highest BCUT2D eigenvalue weighted by molar-refractivity contribution is 7.80. The van der Waals surface area contributed by atoms with Crippen LogP contribution in [0.1, 0.15) is 11.1 Å². The Balaban J connectivity index is 2.08. The quantitative estimate of drug-likeness (QED) is 0.648. The molecular weight excluding hydrogens is 232 g/mol. The molecule has 1 aliphatic rings. The van der Waals surface area contributed by atoms with Crippen molar-refractivity contribution < 1.29 is 4.79 Å². The van der Waals surface area contributed by atoms with Crippen molar-refractivity contribution in [2.45, 2.75) is 12.8 Å². The van der Waals surface area contributed by atoms with Gasteiger partial charge in [-0.3, -0.25) is 9.69 Å². The highest BCUT2D eigenvalue weighted by atomic mass is 32.1. The number of carbonyl (C=O) groups is 1. The summed E-state index contributed by atoms with van der Waals surface area (Å²) in [5.74, 6) is 0.955. The van der Waals surface area contributed by atoms with E-state index in [1.807, 2.05) is 7.05 Å². The molecule has 17 heavy (non-hydrogen) atoms. The molecule has 0 N–H and O–H groups in total. The molecule has 0 spiro atoms. The largest absolute Gasteiger partial charge is 0.315 e. The van der Waals surface area contributed by atoms with E-state index in [1.54, 1.807) is 4.90 Å². The third kappa shape index (κ3) is 2.64. The summed E-state index contributed by atoms with van der Waals surface area (Å²) < 4.78 is 0. The maximum atomic E-state index is 11.6. The summed E-state index contributed by atoms with van der Waals surface area (Å²) in [7, 11) is 3.89. The Morgan fingerprint density at radius 3 is 2.94 bits per heavy atom. The van der Waals surface area contributed by atoms with Crippen LogP contribution in [-0.4, -0.2) is 37.3 Å². The van der Waals surface area contributed by atoms with E-state index >= 15 is 0 Å². The zero-order valence-corrected chi connectivity index (χ0v) is 11.2. The van der Waals surface area contributed by atoms with Gasteiger partial charge in [0.15, 0.2) is 0 Å². The van der Waals surface area contributed by atoms with Gasteiger partial charge in [-0.15, -0.1) is 0 Å². The van der Waals surface area contributed by atoms with Crippen LogP contribution in [0, 0.1) is 0 Å². The van der Waals surface area contributed by atoms with Gasteiger partial charge in [-0.25, -0.2) is 0 Å². The van der Waals surface area contributed by atoms with Crippen molar-refractivity contribution in [1.82, 2.24) is 4.90 Å². The Kier molecular flexibility index (Phi) is 3.74. The number of hydrogen-bond donors (Lipinski definition) is 1. The molecule has 0 saturated carbocycles. The number of carbonyl (C=O) groups excluding carboxylic acids is 1. The maximum Gasteiger partial charge on any atom is 0.231 e. The van der Waals surface area contributed by atoms with Gasteiger partial charge in [0, 0.05) is 25.2 Å². The van der Waals surface area contributed by atoms with Crippen LogP contribution in [0.3, 0.4) is 0 Å². The molecule has 1 aliphatic heterocycles. The molecule has 0 bridgehead atoms. The first-order chi connectivity index (χ1) is 8.11. The van der Waals surface area contributed by atoms with Crippen LogP contribution < -0.4 is 4.90 Å². The van der Waals surface area contributed by atoms with Crippen molar-refractivity contribution >= 4 is 24.2 Å². The lowest BCUT2D eigenvalue weighted by Crippen LogP contribution is -2.20. The molecule has 0 radical (unpaired) electrons. The Bertz CT molecular complexity index is 433. The molecule has 2 rings (SSSR count). The second kappa shape index (κ2) is 5.10. The fraction of sp³-hybridized carbons (Fsp3) is 0.462. The van der Waals surface area contributed by atoms with Gasteiger partial charge >= 0.3 is 0 Å². The van der Waals surface area contributed by atoms with Gasteiger partial charge in [-0.2, -0.15) is 12.6 Å². The third-order valence-corrected chi connectivity index (χ3v) is 3.73. The van der Waals surface area contributed by atoms with E-state index in [0.717, 1.165) is 30.1 Å². The Labute approximate surface area is 108 Å². The SMILES string of the molecule is CN(CS)CCc1ccc2c(c1)CC(=O)N2C. The number of anilines is 1. The molecule has 1 amide bonds. The van der Waals surface area contributed by atoms with Crippen molar-refractivity contribution in [2.75, 3.05) is 31.4 Å². The molecule has 0 aliphatic carbocycles. The van der Waals surface area contributed by atoms with Crippen molar-refractivity contribution in [2.24, 2.45) is 0 Å². The number of amides is 1. The van der Waals surface area contributed by atoms with Gasteiger partial charge in [0.1, 0.15) is 0 Å². The topological polar surface area (TPSA) is 23.6 Å². The molecule has 0 aromatic heterocycles. The minimum absolute atomic E-state index is 0.185. The predicted octanol–water partition coefficient (Wildman–Crippen LogP) is 1.57. The van der Waals surface area contributed by atoms with Gasteiger partial charge < -0.3 is 4.90 Å². The Morgan fingerprint density at radius 1 is 1.47 bits per heavy atom. The molecule has 92 valence electrons. The first-order valence-electron chi connectivity index (χ1n) is 5.79. The molecule has 1 heterocycles. The number of rotatable bonds is 4. The van der Waals surface area contributed by atoms with E-state index in [2.05, 4.69) is 42.8 Å². The fourth-order valence-electron chi connectivity index (χ4n) is 2.07. The van der Waals surface area contributed by atoms with Crippen LogP contribution in [0.25, 0.3) is 0 Å². The van der Waals surface area contributed by atoms with Crippen LogP contribution in [-0.2, 0) is 17.6 Å². The zero-order valence-electron chi connectivity index (χ0n) is 10.3. The molecule has 0 fully saturated rings. The highest BCUT2D eigenvalue weighted by Gasteiger charge is 2.23. The lowest BCUT2D eigenvalue weighted by Gasteiger charge is -2.14. The van der Waals surface area contributed by atoms with E-state index in [4.69, 9.17) is 0 Å². The van der Waals surface area contributed by atoms with Gasteiger partial charge in [0.2, 0.25) is 5.91 Å². The predicted molar refractivity (Wildman–Crippen MR) is 73.7 cm³/mol. The normalized spacial score (nSPS) is 14.6. The van der Waals surface area contributed by atoms with Crippen molar-refractivity contribution in [3.63, 3.8) is 0 Å². The van der Waals surface area contributed by atoms with E-state index < -0.39 is 0 Å². The first kappa shape index (κ1) is 12.5. The first-order valence-corrected chi connectivity index (χ1v) is 6.43. The van der Waals surface area contributed by atoms with Gasteiger partial charge in [0.25, 0.3) is 0 Å². The number of benzene rings is 1. The highest BCUT2D eigenvalue weighted by Crippen LogP contribution is 2.28. The minimum Gasteiger partial charge on any atom is -0.315 e. The van der Waals surface area contributed by atoms with E-state index in [-0.39, 0.29) is 5.91 Å². The lowest BCUT2D eigenvalue weighted by atomic mass is 10.1. The van der Waals surface area contributed by atoms with Gasteiger partial charge in [0.05, 0.1) is 6.42 Å². The molecule has 1 aromatic carbocycles. The molecule has 0 unspecified atom stereocenters. The Morgan fingerprint density at radius 2 is 2.24 bits per heavy atom. The third-order valence-electron chi connectivity index (χ3n) is 3.24. The van der Waals surface area contributed by atoms with Crippen LogP contribution in [0.5, 0.6) is 0 Å². The second-order valence-corrected chi connectivity index (χ2v) is 4.85. The number of fused-ring (bicyclic) bond motifs is 1. The summed E-state index contributed by atoms with van der Waals surface area (Å²) in [5.41, 5.74) is 3.50. The monoisotopic (exact) mass is 250 g/mol. The van der Waals surface area contributed by atoms with Crippen LogP contribution >= 0.6 is 12.6 Å². The van der Waals surface area contributed by atoms with E-state index in [0.29, 0.717) is 6.42 Å². The Hall–Kier alpha value is -1.00. The molecule has 4 heteroatoms. The number of likely N-dealkylation sites (N-methyl/N-ethyl adjacent to an activating group) is 2. The summed E-state index contributed by atoms with van der Waals surface area (Å²) in [5, 5.41) is 0. The van der Waals surface area contributed by atoms with Crippen molar-refractivity contribution in [3.8, 4) is 0 Å². The molecule has 0 atom stereocenters. The summed E-state index contributed by atoms with van der Waals surface area (Å²) in [6, 6.07) is 6.32. The minimum atomic E-state index is 0.185. The fourth-order valence-corrected chi connectivity index (χ4v) is 2.21. The second-order valence-electron chi connectivity index (χ2n) is 4.56. The smallest absolute Gasteiger partial charge is 0.231 e. The van der Waals surface area contributed by atoms with E-state index in [1.165, 1.54) is 5.56 Å². The standard InChI is InChI=1S/C13H18N2OS/c1-14(9-17)6-5-10-3-4-12-11(7-10)8-13(16)15(12)2/h3-4,7,17H,5-6,8-9H2,1-2H3. The summed E-state index contributed by atoms with van der Waals surface area (Å²) in [6.45, 7) is 0.992. The molecule has 3 nitrogen and oxygen atoms in total.